The lowest BCUT2D eigenvalue weighted by molar-refractivity contribution is -0.122. The highest BCUT2D eigenvalue weighted by molar-refractivity contribution is 5.81. The van der Waals surface area contributed by atoms with Gasteiger partial charge < -0.3 is 15.8 Å². The molecular weight excluding hydrogens is 192 g/mol. The molecule has 1 aliphatic heterocycles. The van der Waals surface area contributed by atoms with E-state index in [1.54, 1.807) is 6.08 Å². The van der Waals surface area contributed by atoms with Gasteiger partial charge >= 0.3 is 0 Å². The van der Waals surface area contributed by atoms with E-state index in [4.69, 9.17) is 10.5 Å². The summed E-state index contributed by atoms with van der Waals surface area (Å²) >= 11 is 0. The summed E-state index contributed by atoms with van der Waals surface area (Å²) in [6.07, 6.45) is 4.39. The summed E-state index contributed by atoms with van der Waals surface area (Å²) in [5.74, 6) is 0.346. The molecule has 1 rings (SSSR count). The third-order valence-electron chi connectivity index (χ3n) is 2.58. The van der Waals surface area contributed by atoms with E-state index in [-0.39, 0.29) is 5.91 Å². The van der Waals surface area contributed by atoms with Crippen LogP contribution in [-0.2, 0) is 9.53 Å². The van der Waals surface area contributed by atoms with Crippen molar-refractivity contribution < 1.29 is 9.53 Å². The molecule has 2 unspecified atom stereocenters. The largest absolute Gasteiger partial charge is 0.381 e. The Kier molecular flexibility index (Phi) is 5.36. The number of hydrogen-bond donors (Lipinski definition) is 2. The third kappa shape index (κ3) is 4.44. The summed E-state index contributed by atoms with van der Waals surface area (Å²) in [6.45, 7) is 5.82. The van der Waals surface area contributed by atoms with E-state index in [2.05, 4.69) is 11.9 Å². The number of rotatable bonds is 5. The van der Waals surface area contributed by atoms with Gasteiger partial charge in [0, 0.05) is 13.2 Å². The second-order valence-corrected chi connectivity index (χ2v) is 3.96. The summed E-state index contributed by atoms with van der Waals surface area (Å²) in [7, 11) is 0. The topological polar surface area (TPSA) is 64.4 Å². The van der Waals surface area contributed by atoms with Gasteiger partial charge in [0.1, 0.15) is 0 Å². The van der Waals surface area contributed by atoms with E-state index >= 15 is 0 Å². The Morgan fingerprint density at radius 3 is 3.13 bits per heavy atom. The SMILES string of the molecule is C=CCC(N)C(=O)NCC1CCCOC1. The van der Waals surface area contributed by atoms with Crippen molar-refractivity contribution in [1.29, 1.82) is 0 Å². The van der Waals surface area contributed by atoms with Gasteiger partial charge in [0.2, 0.25) is 5.91 Å². The van der Waals surface area contributed by atoms with Gasteiger partial charge in [0.05, 0.1) is 12.6 Å². The summed E-state index contributed by atoms with van der Waals surface area (Å²) in [5, 5.41) is 2.85. The van der Waals surface area contributed by atoms with Crippen LogP contribution in [0.2, 0.25) is 0 Å². The van der Waals surface area contributed by atoms with Crippen LogP contribution in [0.25, 0.3) is 0 Å². The van der Waals surface area contributed by atoms with E-state index in [1.807, 2.05) is 0 Å². The zero-order valence-electron chi connectivity index (χ0n) is 9.08. The normalized spacial score (nSPS) is 23.1. The number of ether oxygens (including phenoxy) is 1. The highest BCUT2D eigenvalue weighted by atomic mass is 16.5. The average molecular weight is 212 g/mol. The molecule has 4 heteroatoms. The van der Waals surface area contributed by atoms with Crippen molar-refractivity contribution in [2.75, 3.05) is 19.8 Å². The third-order valence-corrected chi connectivity index (χ3v) is 2.58. The molecule has 0 bridgehead atoms. The molecule has 1 amide bonds. The Labute approximate surface area is 90.9 Å². The minimum Gasteiger partial charge on any atom is -0.381 e. The van der Waals surface area contributed by atoms with Crippen LogP contribution < -0.4 is 11.1 Å². The van der Waals surface area contributed by atoms with E-state index in [0.717, 1.165) is 26.1 Å². The molecule has 86 valence electrons. The lowest BCUT2D eigenvalue weighted by Crippen LogP contribution is -2.43. The van der Waals surface area contributed by atoms with Gasteiger partial charge in [-0.3, -0.25) is 4.79 Å². The number of nitrogens with two attached hydrogens (primary N) is 1. The van der Waals surface area contributed by atoms with E-state index in [1.165, 1.54) is 0 Å². The molecule has 0 radical (unpaired) electrons. The van der Waals surface area contributed by atoms with Crippen molar-refractivity contribution in [2.24, 2.45) is 11.7 Å². The standard InChI is InChI=1S/C11H20N2O2/c1-2-4-10(12)11(14)13-7-9-5-3-6-15-8-9/h2,9-10H,1,3-8,12H2,(H,13,14). The second kappa shape index (κ2) is 6.58. The fraction of sp³-hybridized carbons (Fsp3) is 0.727. The molecule has 1 aliphatic rings. The van der Waals surface area contributed by atoms with Crippen LogP contribution >= 0.6 is 0 Å². The highest BCUT2D eigenvalue weighted by Gasteiger charge is 2.16. The monoisotopic (exact) mass is 212 g/mol. The number of carbonyl (C=O) groups is 1. The molecule has 4 nitrogen and oxygen atoms in total. The lowest BCUT2D eigenvalue weighted by atomic mass is 10.0. The summed E-state index contributed by atoms with van der Waals surface area (Å²) in [4.78, 5) is 11.5. The first-order valence-electron chi connectivity index (χ1n) is 5.46. The van der Waals surface area contributed by atoms with Gasteiger partial charge in [-0.1, -0.05) is 6.08 Å². The maximum Gasteiger partial charge on any atom is 0.237 e. The first-order valence-corrected chi connectivity index (χ1v) is 5.46. The second-order valence-electron chi connectivity index (χ2n) is 3.96. The van der Waals surface area contributed by atoms with Gasteiger partial charge in [-0.05, 0) is 25.2 Å². The Bertz CT molecular complexity index is 213. The Balaban J connectivity index is 2.17. The summed E-state index contributed by atoms with van der Waals surface area (Å²) in [5.41, 5.74) is 5.63. The van der Waals surface area contributed by atoms with Crippen LogP contribution in [-0.4, -0.2) is 31.7 Å². The quantitative estimate of drug-likeness (QED) is 0.650. The Hall–Kier alpha value is -0.870. The van der Waals surface area contributed by atoms with Gasteiger partial charge in [-0.15, -0.1) is 6.58 Å². The smallest absolute Gasteiger partial charge is 0.237 e. The van der Waals surface area contributed by atoms with E-state index in [9.17, 15) is 4.79 Å². The van der Waals surface area contributed by atoms with Crippen LogP contribution in [0.1, 0.15) is 19.3 Å². The summed E-state index contributed by atoms with van der Waals surface area (Å²) < 4.78 is 5.32. The fourth-order valence-electron chi connectivity index (χ4n) is 1.63. The average Bonchev–Trinajstić information content (AvgIpc) is 2.27. The maximum absolute atomic E-state index is 11.5. The van der Waals surface area contributed by atoms with Crippen molar-refractivity contribution in [1.82, 2.24) is 5.32 Å². The molecule has 1 heterocycles. The molecule has 15 heavy (non-hydrogen) atoms. The maximum atomic E-state index is 11.5. The number of hydrogen-bond acceptors (Lipinski definition) is 3. The first-order chi connectivity index (χ1) is 7.24. The number of amides is 1. The van der Waals surface area contributed by atoms with Crippen molar-refractivity contribution in [3.05, 3.63) is 12.7 Å². The molecule has 1 saturated heterocycles. The van der Waals surface area contributed by atoms with Crippen molar-refractivity contribution >= 4 is 5.91 Å². The molecule has 0 saturated carbocycles. The van der Waals surface area contributed by atoms with Crippen LogP contribution in [0.3, 0.4) is 0 Å². The molecule has 0 aromatic heterocycles. The van der Waals surface area contributed by atoms with Crippen LogP contribution in [0, 0.1) is 5.92 Å². The zero-order valence-corrected chi connectivity index (χ0v) is 9.08. The van der Waals surface area contributed by atoms with E-state index < -0.39 is 6.04 Å². The van der Waals surface area contributed by atoms with Crippen LogP contribution in [0.4, 0.5) is 0 Å². The van der Waals surface area contributed by atoms with Gasteiger partial charge in [0.25, 0.3) is 0 Å². The van der Waals surface area contributed by atoms with Crippen molar-refractivity contribution in [2.45, 2.75) is 25.3 Å². The van der Waals surface area contributed by atoms with E-state index in [0.29, 0.717) is 18.9 Å². The predicted molar refractivity (Wildman–Crippen MR) is 59.3 cm³/mol. The van der Waals surface area contributed by atoms with Gasteiger partial charge in [0.15, 0.2) is 0 Å². The molecular formula is C11H20N2O2. The van der Waals surface area contributed by atoms with Crippen LogP contribution in [0.15, 0.2) is 12.7 Å². The Morgan fingerprint density at radius 1 is 1.73 bits per heavy atom. The zero-order chi connectivity index (χ0) is 11.1. The molecule has 0 spiro atoms. The molecule has 0 aromatic carbocycles. The number of carbonyl (C=O) groups excluding carboxylic acids is 1. The molecule has 2 atom stereocenters. The molecule has 1 fully saturated rings. The fourth-order valence-corrected chi connectivity index (χ4v) is 1.63. The van der Waals surface area contributed by atoms with Crippen molar-refractivity contribution in [3.8, 4) is 0 Å². The molecule has 0 aliphatic carbocycles. The Morgan fingerprint density at radius 2 is 2.53 bits per heavy atom. The minimum absolute atomic E-state index is 0.0968. The minimum atomic E-state index is -0.466. The number of nitrogens with one attached hydrogen (secondary N) is 1. The predicted octanol–water partition coefficient (Wildman–Crippen LogP) is 0.433. The lowest BCUT2D eigenvalue weighted by Gasteiger charge is -2.22. The van der Waals surface area contributed by atoms with Crippen LogP contribution in [0.5, 0.6) is 0 Å². The first kappa shape index (κ1) is 12.2. The highest BCUT2D eigenvalue weighted by Crippen LogP contribution is 2.12. The summed E-state index contributed by atoms with van der Waals surface area (Å²) in [6, 6.07) is -0.466. The molecule has 3 N–H and O–H groups in total. The van der Waals surface area contributed by atoms with Gasteiger partial charge in [-0.2, -0.15) is 0 Å². The molecule has 0 aromatic rings. The van der Waals surface area contributed by atoms with Gasteiger partial charge in [-0.25, -0.2) is 0 Å². The van der Waals surface area contributed by atoms with Crippen molar-refractivity contribution in [3.63, 3.8) is 0 Å².